The van der Waals surface area contributed by atoms with Crippen molar-refractivity contribution in [3.05, 3.63) is 0 Å². The lowest BCUT2D eigenvalue weighted by molar-refractivity contribution is -0.131. The van der Waals surface area contributed by atoms with Crippen LogP contribution in [0.15, 0.2) is 4.99 Å². The number of rotatable bonds is 4. The molecule has 7 heteroatoms. The zero-order valence-electron chi connectivity index (χ0n) is 11.4. The van der Waals surface area contributed by atoms with Crippen LogP contribution in [0.2, 0.25) is 0 Å². The maximum Gasteiger partial charge on any atom is 0.233 e. The molecule has 5 N–H and O–H groups in total. The lowest BCUT2D eigenvalue weighted by atomic mass is 9.94. The van der Waals surface area contributed by atoms with E-state index in [2.05, 4.69) is 4.99 Å². The van der Waals surface area contributed by atoms with Crippen LogP contribution in [0.25, 0.3) is 0 Å². The van der Waals surface area contributed by atoms with Crippen LogP contribution >= 0.6 is 11.8 Å². The third kappa shape index (κ3) is 5.50. The molecule has 0 unspecified atom stereocenters. The first kappa shape index (κ1) is 15.8. The lowest BCUT2D eigenvalue weighted by Crippen LogP contribution is -2.42. The van der Waals surface area contributed by atoms with Crippen molar-refractivity contribution in [1.82, 2.24) is 4.90 Å². The fourth-order valence-electron chi connectivity index (χ4n) is 2.39. The van der Waals surface area contributed by atoms with Gasteiger partial charge in [-0.15, -0.1) is 0 Å². The van der Waals surface area contributed by atoms with Gasteiger partial charge in [-0.3, -0.25) is 10.2 Å². The molecule has 0 aromatic rings. The molecule has 19 heavy (non-hydrogen) atoms. The first-order valence-electron chi connectivity index (χ1n) is 6.65. The molecule has 0 radical (unpaired) electrons. The summed E-state index contributed by atoms with van der Waals surface area (Å²) in [5.74, 6) is 0.138. The van der Waals surface area contributed by atoms with E-state index in [9.17, 15) is 4.79 Å². The summed E-state index contributed by atoms with van der Waals surface area (Å²) in [5.41, 5.74) is 10.4. The molecule has 108 valence electrons. The normalized spacial score (nSPS) is 15.8. The van der Waals surface area contributed by atoms with Crippen LogP contribution in [0.3, 0.4) is 0 Å². The Morgan fingerprint density at radius 1 is 1.37 bits per heavy atom. The van der Waals surface area contributed by atoms with E-state index in [1.54, 1.807) is 0 Å². The summed E-state index contributed by atoms with van der Waals surface area (Å²) in [6, 6.07) is 0.365. The van der Waals surface area contributed by atoms with E-state index >= 15 is 0 Å². The highest BCUT2D eigenvalue weighted by molar-refractivity contribution is 8.14. The van der Waals surface area contributed by atoms with Crippen LogP contribution in [0.5, 0.6) is 0 Å². The predicted molar refractivity (Wildman–Crippen MR) is 80.3 cm³/mol. The fourth-order valence-corrected chi connectivity index (χ4v) is 2.99. The largest absolute Gasteiger partial charge is 0.370 e. The summed E-state index contributed by atoms with van der Waals surface area (Å²) < 4.78 is 0. The summed E-state index contributed by atoms with van der Waals surface area (Å²) >= 11 is 1.07. The van der Waals surface area contributed by atoms with Crippen molar-refractivity contribution >= 4 is 28.8 Å². The van der Waals surface area contributed by atoms with E-state index in [-0.39, 0.29) is 22.8 Å². The monoisotopic (exact) mass is 285 g/mol. The highest BCUT2D eigenvalue weighted by Crippen LogP contribution is 2.23. The van der Waals surface area contributed by atoms with Crippen molar-refractivity contribution in [3.63, 3.8) is 0 Å². The van der Waals surface area contributed by atoms with Crippen molar-refractivity contribution in [1.29, 1.82) is 5.41 Å². The second kappa shape index (κ2) is 8.04. The van der Waals surface area contributed by atoms with Crippen molar-refractivity contribution in [2.45, 2.75) is 45.1 Å². The maximum atomic E-state index is 12.2. The van der Waals surface area contributed by atoms with Crippen molar-refractivity contribution in [2.24, 2.45) is 16.5 Å². The summed E-state index contributed by atoms with van der Waals surface area (Å²) in [7, 11) is 0. The van der Waals surface area contributed by atoms with Gasteiger partial charge in [0.1, 0.15) is 0 Å². The Kier molecular flexibility index (Phi) is 6.69. The minimum atomic E-state index is -0.149. The summed E-state index contributed by atoms with van der Waals surface area (Å²) in [6.45, 7) is 2.72. The van der Waals surface area contributed by atoms with Crippen LogP contribution < -0.4 is 11.5 Å². The molecule has 6 nitrogen and oxygen atoms in total. The van der Waals surface area contributed by atoms with E-state index in [1.807, 2.05) is 11.8 Å². The number of nitrogens with zero attached hydrogens (tertiary/aromatic N) is 2. The Hall–Kier alpha value is -1.24. The molecule has 0 aromatic carbocycles. The summed E-state index contributed by atoms with van der Waals surface area (Å²) in [6.07, 6.45) is 5.86. The minimum absolute atomic E-state index is 0.0203. The molecular formula is C12H23N5OS. The average molecular weight is 285 g/mol. The fraction of sp³-hybridized carbons (Fsp3) is 0.750. The Balaban J connectivity index is 2.45. The molecule has 1 fully saturated rings. The van der Waals surface area contributed by atoms with Crippen LogP contribution in [-0.4, -0.2) is 40.3 Å². The number of nitrogens with two attached hydrogens (primary N) is 2. The Labute approximate surface area is 118 Å². The number of carbonyl (C=O) groups excluding carboxylic acids is 1. The first-order valence-corrected chi connectivity index (χ1v) is 7.63. The van der Waals surface area contributed by atoms with Crippen molar-refractivity contribution < 1.29 is 4.79 Å². The Morgan fingerprint density at radius 3 is 2.53 bits per heavy atom. The standard InChI is InChI=1S/C12H23N5OS/c1-2-17(9-6-4-3-5-7-9)10(18)8-19-12(15)16-11(13)14/h9H,2-8H2,1H3,(H5,13,14,15,16). The smallest absolute Gasteiger partial charge is 0.233 e. The van der Waals surface area contributed by atoms with Crippen LogP contribution in [0.1, 0.15) is 39.0 Å². The van der Waals surface area contributed by atoms with E-state index in [0.29, 0.717) is 6.04 Å². The second-order valence-electron chi connectivity index (χ2n) is 4.60. The van der Waals surface area contributed by atoms with E-state index in [1.165, 1.54) is 19.3 Å². The van der Waals surface area contributed by atoms with E-state index in [4.69, 9.17) is 16.9 Å². The quantitative estimate of drug-likeness (QED) is 0.531. The third-order valence-electron chi connectivity index (χ3n) is 3.24. The highest BCUT2D eigenvalue weighted by Gasteiger charge is 2.24. The number of carbonyl (C=O) groups is 1. The van der Waals surface area contributed by atoms with Gasteiger partial charge in [0, 0.05) is 12.6 Å². The molecule has 1 aliphatic rings. The van der Waals surface area contributed by atoms with Crippen molar-refractivity contribution in [3.8, 4) is 0 Å². The van der Waals surface area contributed by atoms with Crippen LogP contribution in [0, 0.1) is 5.41 Å². The molecule has 0 bridgehead atoms. The van der Waals surface area contributed by atoms with Gasteiger partial charge in [0.15, 0.2) is 11.1 Å². The molecule has 1 aliphatic carbocycles. The number of thioether (sulfide) groups is 1. The zero-order chi connectivity index (χ0) is 14.3. The maximum absolute atomic E-state index is 12.2. The Morgan fingerprint density at radius 2 is 2.00 bits per heavy atom. The molecule has 1 saturated carbocycles. The SMILES string of the molecule is CCN(C(=O)CSC(=N)N=C(N)N)C1CCCCC1. The third-order valence-corrected chi connectivity index (χ3v) is 4.00. The average Bonchev–Trinajstić information content (AvgIpc) is 2.38. The lowest BCUT2D eigenvalue weighted by Gasteiger charge is -2.33. The van der Waals surface area contributed by atoms with Gasteiger partial charge >= 0.3 is 0 Å². The molecule has 0 aromatic heterocycles. The number of amides is 1. The number of amidine groups is 1. The number of hydrogen-bond acceptors (Lipinski definition) is 3. The van der Waals surface area contributed by atoms with Crippen LogP contribution in [0.4, 0.5) is 0 Å². The van der Waals surface area contributed by atoms with Gasteiger partial charge in [0.25, 0.3) is 0 Å². The number of nitrogens with one attached hydrogen (secondary N) is 1. The van der Waals surface area contributed by atoms with Gasteiger partial charge in [-0.2, -0.15) is 4.99 Å². The zero-order valence-corrected chi connectivity index (χ0v) is 12.2. The predicted octanol–water partition coefficient (Wildman–Crippen LogP) is 1.11. The molecule has 0 atom stereocenters. The summed E-state index contributed by atoms with van der Waals surface area (Å²) in [4.78, 5) is 17.7. The number of aliphatic imine (C=N–C) groups is 1. The van der Waals surface area contributed by atoms with Gasteiger partial charge in [0.2, 0.25) is 5.91 Å². The van der Waals surface area contributed by atoms with E-state index < -0.39 is 0 Å². The molecule has 1 rings (SSSR count). The minimum Gasteiger partial charge on any atom is -0.370 e. The van der Waals surface area contributed by atoms with Crippen molar-refractivity contribution in [2.75, 3.05) is 12.3 Å². The van der Waals surface area contributed by atoms with Gasteiger partial charge in [0.05, 0.1) is 5.75 Å². The summed E-state index contributed by atoms with van der Waals surface area (Å²) in [5, 5.41) is 7.48. The molecule has 1 amide bonds. The van der Waals surface area contributed by atoms with E-state index in [0.717, 1.165) is 31.1 Å². The molecule has 0 spiro atoms. The van der Waals surface area contributed by atoms with Gasteiger partial charge in [-0.05, 0) is 19.8 Å². The highest BCUT2D eigenvalue weighted by atomic mass is 32.2. The molecule has 0 heterocycles. The second-order valence-corrected chi connectivity index (χ2v) is 5.57. The number of hydrogen-bond donors (Lipinski definition) is 3. The van der Waals surface area contributed by atoms with Crippen LogP contribution in [-0.2, 0) is 4.79 Å². The number of guanidine groups is 1. The molecule has 0 aliphatic heterocycles. The van der Waals surface area contributed by atoms with Gasteiger partial charge < -0.3 is 16.4 Å². The topological polar surface area (TPSA) is 109 Å². The molecular weight excluding hydrogens is 262 g/mol. The molecule has 0 saturated heterocycles. The Bertz CT molecular complexity index is 348. The van der Waals surface area contributed by atoms with Gasteiger partial charge in [-0.25, -0.2) is 0 Å². The first-order chi connectivity index (χ1) is 9.04. The van der Waals surface area contributed by atoms with Gasteiger partial charge in [-0.1, -0.05) is 31.0 Å².